The molecule has 19 heavy (non-hydrogen) atoms. The molecule has 104 valence electrons. The maximum atomic E-state index is 12.1. The van der Waals surface area contributed by atoms with Crippen LogP contribution in [0.2, 0.25) is 0 Å². The average Bonchev–Trinajstić information content (AvgIpc) is 2.36. The van der Waals surface area contributed by atoms with Gasteiger partial charge in [-0.25, -0.2) is 0 Å². The van der Waals surface area contributed by atoms with E-state index >= 15 is 0 Å². The molecule has 0 radical (unpaired) electrons. The third-order valence-electron chi connectivity index (χ3n) is 2.93. The monoisotopic (exact) mass is 261 g/mol. The Morgan fingerprint density at radius 3 is 1.68 bits per heavy atom. The molecular weight excluding hydrogens is 238 g/mol. The molecular formula is C16H23NO2. The summed E-state index contributed by atoms with van der Waals surface area (Å²) >= 11 is 0. The molecule has 0 amide bonds. The molecule has 0 aromatic heterocycles. The second-order valence-electron chi connectivity index (χ2n) is 5.37. The zero-order valence-corrected chi connectivity index (χ0v) is 12.4. The van der Waals surface area contributed by atoms with Crippen molar-refractivity contribution in [2.24, 2.45) is 11.8 Å². The first-order valence-electron chi connectivity index (χ1n) is 6.84. The van der Waals surface area contributed by atoms with Gasteiger partial charge in [-0.3, -0.25) is 9.59 Å². The van der Waals surface area contributed by atoms with Crippen LogP contribution in [0.4, 0.5) is 5.69 Å². The van der Waals surface area contributed by atoms with Crippen molar-refractivity contribution < 1.29 is 9.59 Å². The van der Waals surface area contributed by atoms with Crippen molar-refractivity contribution in [1.82, 2.24) is 0 Å². The Morgan fingerprint density at radius 2 is 1.37 bits per heavy atom. The third-order valence-corrected chi connectivity index (χ3v) is 2.93. The van der Waals surface area contributed by atoms with Crippen LogP contribution in [0.25, 0.3) is 0 Å². The lowest BCUT2D eigenvalue weighted by Gasteiger charge is -2.12. The maximum Gasteiger partial charge on any atom is 0.165 e. The van der Waals surface area contributed by atoms with Gasteiger partial charge in [-0.2, -0.15) is 0 Å². The zero-order chi connectivity index (χ0) is 14.6. The summed E-state index contributed by atoms with van der Waals surface area (Å²) in [6, 6.07) is 5.36. The number of anilines is 1. The lowest BCUT2D eigenvalue weighted by Crippen LogP contribution is -2.13. The molecule has 0 atom stereocenters. The Kier molecular flexibility index (Phi) is 5.28. The molecule has 0 unspecified atom stereocenters. The van der Waals surface area contributed by atoms with E-state index in [2.05, 4.69) is 5.32 Å². The number of hydrogen-bond donors (Lipinski definition) is 1. The van der Waals surface area contributed by atoms with Crippen molar-refractivity contribution in [3.8, 4) is 0 Å². The Bertz CT molecular complexity index is 437. The Labute approximate surface area is 115 Å². The van der Waals surface area contributed by atoms with E-state index in [4.69, 9.17) is 0 Å². The van der Waals surface area contributed by atoms with Gasteiger partial charge in [0.1, 0.15) is 0 Å². The number of ketones is 2. The number of rotatable bonds is 6. The van der Waals surface area contributed by atoms with Gasteiger partial charge in [0.05, 0.1) is 0 Å². The second-order valence-corrected chi connectivity index (χ2v) is 5.37. The summed E-state index contributed by atoms with van der Waals surface area (Å²) in [7, 11) is 0. The molecule has 0 aliphatic rings. The van der Waals surface area contributed by atoms with E-state index in [1.54, 1.807) is 6.07 Å². The van der Waals surface area contributed by atoms with Crippen LogP contribution in [0.5, 0.6) is 0 Å². The Balaban J connectivity index is 3.25. The van der Waals surface area contributed by atoms with Crippen LogP contribution in [0.1, 0.15) is 55.3 Å². The first kappa shape index (κ1) is 15.4. The van der Waals surface area contributed by atoms with Crippen LogP contribution in [-0.4, -0.2) is 18.1 Å². The highest BCUT2D eigenvalue weighted by atomic mass is 16.1. The lowest BCUT2D eigenvalue weighted by molar-refractivity contribution is 0.0939. The molecule has 1 aromatic carbocycles. The molecule has 0 spiro atoms. The van der Waals surface area contributed by atoms with Crippen molar-refractivity contribution in [3.63, 3.8) is 0 Å². The number of Topliss-reactive ketones (excluding diaryl/α,β-unsaturated/α-hetero) is 2. The van der Waals surface area contributed by atoms with E-state index in [0.717, 1.165) is 12.2 Å². The number of hydrogen-bond acceptors (Lipinski definition) is 3. The van der Waals surface area contributed by atoms with E-state index in [0.29, 0.717) is 11.1 Å². The van der Waals surface area contributed by atoms with Gasteiger partial charge in [-0.05, 0) is 25.1 Å². The highest BCUT2D eigenvalue weighted by Gasteiger charge is 2.16. The average molecular weight is 261 g/mol. The molecule has 3 heteroatoms. The van der Waals surface area contributed by atoms with Gasteiger partial charge in [-0.1, -0.05) is 27.7 Å². The number of carbonyl (C=O) groups is 2. The van der Waals surface area contributed by atoms with Gasteiger partial charge in [0.25, 0.3) is 0 Å². The Morgan fingerprint density at radius 1 is 0.947 bits per heavy atom. The molecule has 0 heterocycles. The number of nitrogens with one attached hydrogen (secondary N) is 1. The third kappa shape index (κ3) is 3.91. The van der Waals surface area contributed by atoms with Gasteiger partial charge < -0.3 is 5.32 Å². The second kappa shape index (κ2) is 6.50. The SMILES string of the molecule is CCNc1cc(C(=O)C(C)C)cc(C(=O)C(C)C)c1. The van der Waals surface area contributed by atoms with Crippen molar-refractivity contribution in [1.29, 1.82) is 0 Å². The van der Waals surface area contributed by atoms with Crippen molar-refractivity contribution >= 4 is 17.3 Å². The summed E-state index contributed by atoms with van der Waals surface area (Å²) in [5.41, 5.74) is 2.05. The molecule has 0 aliphatic heterocycles. The van der Waals surface area contributed by atoms with E-state index < -0.39 is 0 Å². The minimum atomic E-state index is -0.0705. The van der Waals surface area contributed by atoms with Crippen molar-refractivity contribution in [2.75, 3.05) is 11.9 Å². The molecule has 1 rings (SSSR count). The van der Waals surface area contributed by atoms with Gasteiger partial charge in [0.2, 0.25) is 0 Å². The summed E-state index contributed by atoms with van der Waals surface area (Å²) in [5.74, 6) is -0.00660. The fraction of sp³-hybridized carbons (Fsp3) is 0.500. The smallest absolute Gasteiger partial charge is 0.165 e. The first-order chi connectivity index (χ1) is 8.86. The van der Waals surface area contributed by atoms with Crippen LogP contribution < -0.4 is 5.32 Å². The van der Waals surface area contributed by atoms with Crippen LogP contribution in [0.15, 0.2) is 18.2 Å². The summed E-state index contributed by atoms with van der Waals surface area (Å²) in [6.07, 6.45) is 0. The summed E-state index contributed by atoms with van der Waals surface area (Å²) in [5, 5.41) is 3.17. The topological polar surface area (TPSA) is 46.2 Å². The van der Waals surface area contributed by atoms with Crippen molar-refractivity contribution in [3.05, 3.63) is 29.3 Å². The predicted molar refractivity (Wildman–Crippen MR) is 78.9 cm³/mol. The van der Waals surface area contributed by atoms with Crippen LogP contribution in [-0.2, 0) is 0 Å². The quantitative estimate of drug-likeness (QED) is 0.792. The van der Waals surface area contributed by atoms with Gasteiger partial charge in [0, 0.05) is 35.2 Å². The van der Waals surface area contributed by atoms with E-state index in [-0.39, 0.29) is 23.4 Å². The molecule has 0 saturated carbocycles. The largest absolute Gasteiger partial charge is 0.385 e. The molecule has 3 nitrogen and oxygen atoms in total. The van der Waals surface area contributed by atoms with E-state index in [1.165, 1.54) is 0 Å². The van der Waals surface area contributed by atoms with Crippen LogP contribution >= 0.6 is 0 Å². The lowest BCUT2D eigenvalue weighted by atomic mass is 9.94. The van der Waals surface area contributed by atoms with Crippen molar-refractivity contribution in [2.45, 2.75) is 34.6 Å². The predicted octanol–water partition coefficient (Wildman–Crippen LogP) is 3.80. The molecule has 0 aliphatic carbocycles. The van der Waals surface area contributed by atoms with Crippen LogP contribution in [0.3, 0.4) is 0 Å². The standard InChI is InChI=1S/C16H23NO2/c1-6-17-14-8-12(15(18)10(2)3)7-13(9-14)16(19)11(4)5/h7-11,17H,6H2,1-5H3. The highest BCUT2D eigenvalue weighted by molar-refractivity contribution is 6.03. The van der Waals surface area contributed by atoms with Gasteiger partial charge >= 0.3 is 0 Å². The molecule has 0 fully saturated rings. The number of carbonyl (C=O) groups excluding carboxylic acids is 2. The fourth-order valence-electron chi connectivity index (χ4n) is 1.88. The molecule has 0 bridgehead atoms. The van der Waals surface area contributed by atoms with Gasteiger partial charge in [0.15, 0.2) is 11.6 Å². The Hall–Kier alpha value is -1.64. The zero-order valence-electron chi connectivity index (χ0n) is 12.4. The first-order valence-corrected chi connectivity index (χ1v) is 6.84. The summed E-state index contributed by atoms with van der Waals surface area (Å²) in [4.78, 5) is 24.2. The fourth-order valence-corrected chi connectivity index (χ4v) is 1.88. The minimum Gasteiger partial charge on any atom is -0.385 e. The summed E-state index contributed by atoms with van der Waals surface area (Å²) in [6.45, 7) is 10.2. The number of benzene rings is 1. The highest BCUT2D eigenvalue weighted by Crippen LogP contribution is 2.20. The minimum absolute atomic E-state index is 0.0672. The maximum absolute atomic E-state index is 12.1. The normalized spacial score (nSPS) is 10.9. The molecule has 1 aromatic rings. The van der Waals surface area contributed by atoms with Gasteiger partial charge in [-0.15, -0.1) is 0 Å². The molecule has 0 saturated heterocycles. The van der Waals surface area contributed by atoms with Crippen LogP contribution in [0, 0.1) is 11.8 Å². The summed E-state index contributed by atoms with van der Waals surface area (Å²) < 4.78 is 0. The van der Waals surface area contributed by atoms with E-state index in [9.17, 15) is 9.59 Å². The van der Waals surface area contributed by atoms with E-state index in [1.807, 2.05) is 46.8 Å². The molecule has 1 N–H and O–H groups in total.